The lowest BCUT2D eigenvalue weighted by Crippen LogP contribution is -2.24. The van der Waals surface area contributed by atoms with Crippen LogP contribution in [0, 0.1) is 6.92 Å². The molecule has 0 unspecified atom stereocenters. The summed E-state index contributed by atoms with van der Waals surface area (Å²) in [6, 6.07) is 3.10. The molecule has 0 radical (unpaired) electrons. The van der Waals surface area contributed by atoms with E-state index in [2.05, 4.69) is 25.8 Å². The molecule has 0 bridgehead atoms. The smallest absolute Gasteiger partial charge is 0.328 e. The first-order valence-electron chi connectivity index (χ1n) is 6.97. The minimum atomic E-state index is -3.79. The molecule has 2 heterocycles. The minimum Gasteiger partial charge on any atom is -0.364 e. The van der Waals surface area contributed by atoms with Crippen molar-refractivity contribution in [2.75, 3.05) is 0 Å². The molecule has 0 fully saturated rings. The first-order chi connectivity index (χ1) is 11.2. The number of sulfonamides is 1. The second kappa shape index (κ2) is 5.87. The van der Waals surface area contributed by atoms with Crippen LogP contribution in [0.2, 0.25) is 0 Å². The zero-order chi connectivity index (χ0) is 17.6. The highest BCUT2D eigenvalue weighted by atomic mass is 79.9. The topological polar surface area (TPSA) is 99.1 Å². The van der Waals surface area contributed by atoms with Crippen LogP contribution in [0.4, 0.5) is 0 Å². The third-order valence-corrected chi connectivity index (χ3v) is 6.28. The Morgan fingerprint density at radius 2 is 1.88 bits per heavy atom. The summed E-state index contributed by atoms with van der Waals surface area (Å²) in [7, 11) is -0.549. The van der Waals surface area contributed by atoms with Crippen LogP contribution in [-0.2, 0) is 30.7 Å². The Morgan fingerprint density at radius 3 is 2.46 bits per heavy atom. The van der Waals surface area contributed by atoms with Crippen molar-refractivity contribution in [2.24, 2.45) is 14.1 Å². The summed E-state index contributed by atoms with van der Waals surface area (Å²) in [5, 5.41) is 3.71. The molecule has 24 heavy (non-hydrogen) atoms. The lowest BCUT2D eigenvalue weighted by Gasteiger charge is -2.09. The quantitative estimate of drug-likeness (QED) is 0.695. The van der Waals surface area contributed by atoms with Gasteiger partial charge in [-0.05, 0) is 35.0 Å². The van der Waals surface area contributed by atoms with Gasteiger partial charge in [0.15, 0.2) is 0 Å². The van der Waals surface area contributed by atoms with Crippen molar-refractivity contribution >= 4 is 37.0 Å². The van der Waals surface area contributed by atoms with Crippen LogP contribution in [0.5, 0.6) is 0 Å². The van der Waals surface area contributed by atoms with Gasteiger partial charge in [-0.25, -0.2) is 17.9 Å². The summed E-state index contributed by atoms with van der Waals surface area (Å²) < 4.78 is 35.8. The highest BCUT2D eigenvalue weighted by molar-refractivity contribution is 9.10. The standard InChI is InChI=1S/C14H15BrN4O4S/c1-8-9(7-23-17-8)6-16-24(21,22)13-5-12-11(4-10(13)15)18(2)14(20)19(12)3/h4-5,7,16H,6H2,1-3H3. The van der Waals surface area contributed by atoms with Crippen LogP contribution < -0.4 is 10.4 Å². The van der Waals surface area contributed by atoms with Crippen molar-refractivity contribution in [3.8, 4) is 0 Å². The summed E-state index contributed by atoms with van der Waals surface area (Å²) in [6.07, 6.45) is 1.40. The number of fused-ring (bicyclic) bond motifs is 1. The largest absolute Gasteiger partial charge is 0.364 e. The molecule has 0 amide bonds. The number of benzene rings is 1. The maximum absolute atomic E-state index is 12.6. The Balaban J connectivity index is 2.04. The maximum atomic E-state index is 12.6. The number of aryl methyl sites for hydroxylation is 3. The Kier molecular flexibility index (Phi) is 4.14. The molecular weight excluding hydrogens is 400 g/mol. The van der Waals surface area contributed by atoms with E-state index in [0.29, 0.717) is 26.8 Å². The van der Waals surface area contributed by atoms with Crippen LogP contribution in [0.3, 0.4) is 0 Å². The van der Waals surface area contributed by atoms with Gasteiger partial charge in [-0.15, -0.1) is 0 Å². The van der Waals surface area contributed by atoms with E-state index < -0.39 is 10.0 Å². The summed E-state index contributed by atoms with van der Waals surface area (Å²) in [6.45, 7) is 1.80. The highest BCUT2D eigenvalue weighted by Crippen LogP contribution is 2.27. The van der Waals surface area contributed by atoms with Gasteiger partial charge in [0.1, 0.15) is 6.26 Å². The Labute approximate surface area is 146 Å². The van der Waals surface area contributed by atoms with Crippen molar-refractivity contribution in [1.29, 1.82) is 0 Å². The van der Waals surface area contributed by atoms with Crippen molar-refractivity contribution in [3.05, 3.63) is 44.6 Å². The third-order valence-electron chi connectivity index (χ3n) is 3.92. The normalized spacial score (nSPS) is 12.2. The molecule has 3 aromatic rings. The first-order valence-corrected chi connectivity index (χ1v) is 9.24. The van der Waals surface area contributed by atoms with E-state index in [4.69, 9.17) is 4.52 Å². The molecule has 0 aliphatic rings. The lowest BCUT2D eigenvalue weighted by atomic mass is 10.3. The van der Waals surface area contributed by atoms with E-state index in [1.54, 1.807) is 27.1 Å². The third kappa shape index (κ3) is 2.70. The Bertz CT molecular complexity index is 1090. The monoisotopic (exact) mass is 414 g/mol. The average molecular weight is 415 g/mol. The second-order valence-corrected chi connectivity index (χ2v) is 8.01. The fourth-order valence-electron chi connectivity index (χ4n) is 2.44. The van der Waals surface area contributed by atoms with Gasteiger partial charge < -0.3 is 4.52 Å². The van der Waals surface area contributed by atoms with Crippen molar-refractivity contribution in [1.82, 2.24) is 19.0 Å². The van der Waals surface area contributed by atoms with Crippen LogP contribution in [-0.4, -0.2) is 22.7 Å². The van der Waals surface area contributed by atoms with Gasteiger partial charge >= 0.3 is 5.69 Å². The molecule has 3 rings (SSSR count). The summed E-state index contributed by atoms with van der Waals surface area (Å²) in [4.78, 5) is 12.1. The van der Waals surface area contributed by atoms with E-state index in [1.165, 1.54) is 21.5 Å². The van der Waals surface area contributed by atoms with Gasteiger partial charge in [0.25, 0.3) is 0 Å². The number of aromatic nitrogens is 3. The molecule has 0 saturated carbocycles. The van der Waals surface area contributed by atoms with Crippen LogP contribution in [0.25, 0.3) is 11.0 Å². The molecule has 0 spiro atoms. The van der Waals surface area contributed by atoms with E-state index in [0.717, 1.165) is 0 Å². The predicted octanol–water partition coefficient (Wildman–Crippen LogP) is 1.41. The van der Waals surface area contributed by atoms with E-state index in [1.807, 2.05) is 0 Å². The van der Waals surface area contributed by atoms with Gasteiger partial charge in [0.2, 0.25) is 10.0 Å². The molecular formula is C14H15BrN4O4S. The zero-order valence-electron chi connectivity index (χ0n) is 13.2. The molecule has 2 aromatic heterocycles. The number of hydrogen-bond donors (Lipinski definition) is 1. The number of rotatable bonds is 4. The average Bonchev–Trinajstić information content (AvgIpc) is 3.03. The van der Waals surface area contributed by atoms with Gasteiger partial charge in [-0.1, -0.05) is 5.16 Å². The van der Waals surface area contributed by atoms with Crippen LogP contribution in [0.1, 0.15) is 11.3 Å². The molecule has 0 aliphatic heterocycles. The van der Waals surface area contributed by atoms with Gasteiger partial charge in [-0.3, -0.25) is 9.13 Å². The number of nitrogens with one attached hydrogen (secondary N) is 1. The second-order valence-electron chi connectivity index (χ2n) is 5.42. The minimum absolute atomic E-state index is 0.0605. The predicted molar refractivity (Wildman–Crippen MR) is 91.1 cm³/mol. The molecule has 1 N–H and O–H groups in total. The summed E-state index contributed by atoms with van der Waals surface area (Å²) >= 11 is 3.28. The Hall–Kier alpha value is -1.91. The number of hydrogen-bond acceptors (Lipinski definition) is 5. The maximum Gasteiger partial charge on any atom is 0.328 e. The number of halogens is 1. The Morgan fingerprint density at radius 1 is 1.25 bits per heavy atom. The number of imidazole rings is 1. The first kappa shape index (κ1) is 16.9. The highest BCUT2D eigenvalue weighted by Gasteiger charge is 2.21. The van der Waals surface area contributed by atoms with Gasteiger partial charge in [-0.2, -0.15) is 0 Å². The van der Waals surface area contributed by atoms with E-state index in [9.17, 15) is 13.2 Å². The molecule has 128 valence electrons. The van der Waals surface area contributed by atoms with E-state index >= 15 is 0 Å². The van der Waals surface area contributed by atoms with Gasteiger partial charge in [0, 0.05) is 30.7 Å². The van der Waals surface area contributed by atoms with Crippen LogP contribution in [0.15, 0.2) is 37.1 Å². The molecule has 8 nitrogen and oxygen atoms in total. The number of nitrogens with zero attached hydrogens (tertiary/aromatic N) is 3. The SMILES string of the molecule is Cc1nocc1CNS(=O)(=O)c1cc2c(cc1Br)n(C)c(=O)n2C. The molecule has 1 aromatic carbocycles. The van der Waals surface area contributed by atoms with Crippen molar-refractivity contribution in [3.63, 3.8) is 0 Å². The van der Waals surface area contributed by atoms with E-state index in [-0.39, 0.29) is 17.1 Å². The van der Waals surface area contributed by atoms with Crippen molar-refractivity contribution < 1.29 is 12.9 Å². The fraction of sp³-hybridized carbons (Fsp3) is 0.286. The van der Waals surface area contributed by atoms with Crippen molar-refractivity contribution in [2.45, 2.75) is 18.4 Å². The van der Waals surface area contributed by atoms with Crippen LogP contribution >= 0.6 is 15.9 Å². The molecule has 0 atom stereocenters. The van der Waals surface area contributed by atoms with Gasteiger partial charge in [0.05, 0.1) is 21.6 Å². The summed E-state index contributed by atoms with van der Waals surface area (Å²) in [5.74, 6) is 0. The fourth-order valence-corrected chi connectivity index (χ4v) is 4.49. The summed E-state index contributed by atoms with van der Waals surface area (Å²) in [5.41, 5.74) is 2.23. The molecule has 0 aliphatic carbocycles. The molecule has 10 heteroatoms. The molecule has 0 saturated heterocycles. The lowest BCUT2D eigenvalue weighted by molar-refractivity contribution is 0.414. The zero-order valence-corrected chi connectivity index (χ0v) is 15.6.